The van der Waals surface area contributed by atoms with Crippen LogP contribution in [0.4, 0.5) is 0 Å². The third kappa shape index (κ3) is 5.72. The molecule has 0 spiro atoms. The highest BCUT2D eigenvalue weighted by molar-refractivity contribution is 9.09. The molecule has 0 radical (unpaired) electrons. The molecule has 0 saturated heterocycles. The van der Waals surface area contributed by atoms with E-state index in [0.717, 1.165) is 25.0 Å². The van der Waals surface area contributed by atoms with Crippen LogP contribution in [-0.2, 0) is 0 Å². The van der Waals surface area contributed by atoms with E-state index in [0.29, 0.717) is 10.7 Å². The SMILES string of the molecule is CCC(=N)CC(Br)CC(C)CO. The lowest BCUT2D eigenvalue weighted by Gasteiger charge is -2.13. The third-order valence-electron chi connectivity index (χ3n) is 1.86. The van der Waals surface area contributed by atoms with Crippen molar-refractivity contribution >= 4 is 21.6 Å². The summed E-state index contributed by atoms with van der Waals surface area (Å²) < 4.78 is 0. The normalized spacial score (nSPS) is 15.7. The first kappa shape index (κ1) is 12.1. The molecule has 2 nitrogen and oxygen atoms in total. The maximum absolute atomic E-state index is 8.80. The molecule has 12 heavy (non-hydrogen) atoms. The van der Waals surface area contributed by atoms with Gasteiger partial charge in [0.1, 0.15) is 0 Å². The van der Waals surface area contributed by atoms with E-state index in [4.69, 9.17) is 10.5 Å². The van der Waals surface area contributed by atoms with E-state index in [1.807, 2.05) is 13.8 Å². The highest BCUT2D eigenvalue weighted by Crippen LogP contribution is 2.17. The van der Waals surface area contributed by atoms with Crippen LogP contribution in [0.3, 0.4) is 0 Å². The average Bonchev–Trinajstić information content (AvgIpc) is 2.03. The van der Waals surface area contributed by atoms with Gasteiger partial charge in [-0.2, -0.15) is 0 Å². The van der Waals surface area contributed by atoms with Gasteiger partial charge in [0.05, 0.1) is 0 Å². The molecular formula is C9H18BrNO. The van der Waals surface area contributed by atoms with E-state index in [1.165, 1.54) is 0 Å². The van der Waals surface area contributed by atoms with Gasteiger partial charge in [-0.1, -0.05) is 29.8 Å². The third-order valence-corrected chi connectivity index (χ3v) is 2.56. The average molecular weight is 236 g/mol. The van der Waals surface area contributed by atoms with Gasteiger partial charge < -0.3 is 10.5 Å². The first-order chi connectivity index (χ1) is 5.60. The Bertz CT molecular complexity index is 138. The molecule has 2 N–H and O–H groups in total. The van der Waals surface area contributed by atoms with Crippen molar-refractivity contribution in [2.75, 3.05) is 6.61 Å². The first-order valence-electron chi connectivity index (χ1n) is 4.41. The number of hydrogen-bond acceptors (Lipinski definition) is 2. The van der Waals surface area contributed by atoms with Gasteiger partial charge in [-0.25, -0.2) is 0 Å². The predicted octanol–water partition coefficient (Wildman–Crippen LogP) is 2.59. The minimum Gasteiger partial charge on any atom is -0.396 e. The van der Waals surface area contributed by atoms with Crippen LogP contribution in [0.5, 0.6) is 0 Å². The van der Waals surface area contributed by atoms with Gasteiger partial charge in [-0.15, -0.1) is 0 Å². The molecule has 0 aromatic heterocycles. The number of rotatable bonds is 6. The van der Waals surface area contributed by atoms with E-state index in [1.54, 1.807) is 0 Å². The summed E-state index contributed by atoms with van der Waals surface area (Å²) in [5.41, 5.74) is 0.780. The fourth-order valence-electron chi connectivity index (χ4n) is 1.01. The highest BCUT2D eigenvalue weighted by Gasteiger charge is 2.10. The Hall–Kier alpha value is 0.110. The summed E-state index contributed by atoms with van der Waals surface area (Å²) >= 11 is 3.51. The van der Waals surface area contributed by atoms with E-state index in [-0.39, 0.29) is 6.61 Å². The number of nitrogens with one attached hydrogen (secondary N) is 1. The van der Waals surface area contributed by atoms with E-state index < -0.39 is 0 Å². The van der Waals surface area contributed by atoms with Crippen LogP contribution in [0.25, 0.3) is 0 Å². The summed E-state index contributed by atoms with van der Waals surface area (Å²) in [4.78, 5) is 0.354. The monoisotopic (exact) mass is 235 g/mol. The molecule has 0 aliphatic carbocycles. The van der Waals surface area contributed by atoms with Gasteiger partial charge in [0.2, 0.25) is 0 Å². The molecule has 0 aromatic rings. The smallest absolute Gasteiger partial charge is 0.0457 e. The van der Waals surface area contributed by atoms with Crippen molar-refractivity contribution in [2.45, 2.75) is 37.9 Å². The molecule has 0 fully saturated rings. The molecular weight excluding hydrogens is 218 g/mol. The van der Waals surface area contributed by atoms with Crippen LogP contribution < -0.4 is 0 Å². The van der Waals surface area contributed by atoms with Gasteiger partial charge in [-0.3, -0.25) is 0 Å². The standard InChI is InChI=1S/C9H18BrNO/c1-3-9(11)5-8(10)4-7(2)6-12/h7-8,11-12H,3-6H2,1-2H3. The topological polar surface area (TPSA) is 44.1 Å². The Kier molecular flexibility index (Phi) is 6.67. The summed E-state index contributed by atoms with van der Waals surface area (Å²) in [5.74, 6) is 0.332. The maximum atomic E-state index is 8.80. The van der Waals surface area contributed by atoms with Gasteiger partial charge in [0.15, 0.2) is 0 Å². The molecule has 0 aliphatic heterocycles. The summed E-state index contributed by atoms with van der Waals surface area (Å²) in [5, 5.41) is 16.3. The largest absolute Gasteiger partial charge is 0.396 e. The summed E-state index contributed by atoms with van der Waals surface area (Å²) in [6, 6.07) is 0. The van der Waals surface area contributed by atoms with E-state index in [2.05, 4.69) is 15.9 Å². The van der Waals surface area contributed by atoms with Gasteiger partial charge >= 0.3 is 0 Å². The van der Waals surface area contributed by atoms with Crippen molar-refractivity contribution in [2.24, 2.45) is 5.92 Å². The van der Waals surface area contributed by atoms with Crippen LogP contribution in [0.2, 0.25) is 0 Å². The zero-order valence-corrected chi connectivity index (χ0v) is 9.39. The Morgan fingerprint density at radius 2 is 2.17 bits per heavy atom. The number of aliphatic hydroxyl groups excluding tert-OH is 1. The van der Waals surface area contributed by atoms with Crippen molar-refractivity contribution in [3.63, 3.8) is 0 Å². The van der Waals surface area contributed by atoms with Crippen molar-refractivity contribution in [1.82, 2.24) is 0 Å². The minimum absolute atomic E-state index is 0.238. The zero-order chi connectivity index (χ0) is 9.56. The van der Waals surface area contributed by atoms with Crippen LogP contribution in [0.1, 0.15) is 33.1 Å². The molecule has 3 heteroatoms. The van der Waals surface area contributed by atoms with Crippen LogP contribution >= 0.6 is 15.9 Å². The Morgan fingerprint density at radius 1 is 1.58 bits per heavy atom. The lowest BCUT2D eigenvalue weighted by molar-refractivity contribution is 0.230. The molecule has 2 unspecified atom stereocenters. The molecule has 0 bridgehead atoms. The number of hydrogen-bond donors (Lipinski definition) is 2. The summed E-state index contributed by atoms with van der Waals surface area (Å²) in [7, 11) is 0. The van der Waals surface area contributed by atoms with Crippen molar-refractivity contribution in [3.05, 3.63) is 0 Å². The molecule has 0 rings (SSSR count). The molecule has 0 aliphatic rings. The number of aliphatic hydroxyl groups is 1. The van der Waals surface area contributed by atoms with Crippen molar-refractivity contribution < 1.29 is 5.11 Å². The lowest BCUT2D eigenvalue weighted by atomic mass is 10.0. The van der Waals surface area contributed by atoms with Crippen LogP contribution in [-0.4, -0.2) is 22.3 Å². The summed E-state index contributed by atoms with van der Waals surface area (Å²) in [6.07, 6.45) is 2.58. The molecule has 0 amide bonds. The number of alkyl halides is 1. The highest BCUT2D eigenvalue weighted by atomic mass is 79.9. The maximum Gasteiger partial charge on any atom is 0.0457 e. The quantitative estimate of drug-likeness (QED) is 0.540. The lowest BCUT2D eigenvalue weighted by Crippen LogP contribution is -2.12. The Balaban J connectivity index is 3.58. The fourth-order valence-corrected chi connectivity index (χ4v) is 2.04. The Labute approximate surface area is 83.0 Å². The van der Waals surface area contributed by atoms with Crippen molar-refractivity contribution in [1.29, 1.82) is 5.41 Å². The fraction of sp³-hybridized carbons (Fsp3) is 0.889. The second-order valence-electron chi connectivity index (χ2n) is 3.28. The molecule has 0 saturated carbocycles. The van der Waals surface area contributed by atoms with Gasteiger partial charge in [-0.05, 0) is 25.2 Å². The van der Waals surface area contributed by atoms with Crippen LogP contribution in [0, 0.1) is 11.3 Å². The first-order valence-corrected chi connectivity index (χ1v) is 5.32. The Morgan fingerprint density at radius 3 is 2.58 bits per heavy atom. The molecule has 2 atom stereocenters. The summed E-state index contributed by atoms with van der Waals surface area (Å²) in [6.45, 7) is 4.25. The molecule has 72 valence electrons. The van der Waals surface area contributed by atoms with Crippen molar-refractivity contribution in [3.8, 4) is 0 Å². The zero-order valence-electron chi connectivity index (χ0n) is 7.81. The van der Waals surface area contributed by atoms with Gasteiger partial charge in [0.25, 0.3) is 0 Å². The predicted molar refractivity (Wildman–Crippen MR) is 56.2 cm³/mol. The minimum atomic E-state index is 0.238. The second-order valence-corrected chi connectivity index (χ2v) is 4.58. The van der Waals surface area contributed by atoms with Crippen LogP contribution in [0.15, 0.2) is 0 Å². The van der Waals surface area contributed by atoms with E-state index >= 15 is 0 Å². The number of halogens is 1. The molecule has 0 heterocycles. The van der Waals surface area contributed by atoms with Gasteiger partial charge in [0, 0.05) is 17.1 Å². The second kappa shape index (κ2) is 6.61. The van der Waals surface area contributed by atoms with E-state index in [9.17, 15) is 0 Å². The molecule has 0 aromatic carbocycles.